The van der Waals surface area contributed by atoms with Gasteiger partial charge < -0.3 is 0 Å². The molecule has 0 heterocycles. The van der Waals surface area contributed by atoms with Crippen LogP contribution in [0.3, 0.4) is 0 Å². The highest BCUT2D eigenvalue weighted by atomic mass is 32.2. The zero-order chi connectivity index (χ0) is 95.2. The van der Waals surface area contributed by atoms with Crippen molar-refractivity contribution in [2.45, 2.75) is 339 Å². The smallest absolute Gasteiger partial charge is 0.197 e. The van der Waals surface area contributed by atoms with E-state index in [9.17, 15) is 8.42 Å². The van der Waals surface area contributed by atoms with Crippen molar-refractivity contribution in [2.24, 2.45) is 17.8 Å². The Balaban J connectivity index is 0.000000219. The predicted molar refractivity (Wildman–Crippen MR) is 547 cm³/mol. The molecule has 0 spiro atoms. The molecule has 128 heavy (non-hydrogen) atoms. The second kappa shape index (κ2) is 41.0. The van der Waals surface area contributed by atoms with Crippen molar-refractivity contribution in [3.8, 4) is 0 Å². The SMILES string of the molecule is CC(C)CC(C)CC(C)CC(C)c1ccc(S(=O)(=O)C(c2ccc(C(C)(C)C)cc2)c2ccc(C(C)(C)C)cc2)cc1.CC(C)c1cc(C(C)C)c(S(=O)(=O)C(c2ccc(C(C)(C)C)cc2)(c2ccc(C(C)(C)C)cc2)c2ccc(C(C)(C)C)cc2)c(C(C)C)c1.CC(C)c1cc(C(C)C)c(S(=O)(=O)C(c2ccccc2)(c2ccccc2)c2ccccc2)c(C(C)C)c1. The molecule has 0 aromatic heterocycles. The van der Waals surface area contributed by atoms with Gasteiger partial charge in [-0.3, -0.25) is 0 Å². The van der Waals surface area contributed by atoms with Gasteiger partial charge in [-0.1, -0.05) is 470 Å². The minimum atomic E-state index is -4.16. The van der Waals surface area contributed by atoms with Gasteiger partial charge in [-0.15, -0.1) is 0 Å². The van der Waals surface area contributed by atoms with Crippen molar-refractivity contribution in [2.75, 3.05) is 0 Å². The molecule has 11 aromatic rings. The predicted octanol–water partition coefficient (Wildman–Crippen LogP) is 32.6. The summed E-state index contributed by atoms with van der Waals surface area (Å²) in [6.45, 7) is 70.0. The summed E-state index contributed by atoms with van der Waals surface area (Å²) < 4.78 is 89.8. The summed E-state index contributed by atoms with van der Waals surface area (Å²) in [4.78, 5) is 1.32. The standard InChI is InChI=1S/C46H62O2S.C39H56O2S.C34H38O2S/c1-30(2)33-28-40(31(3)4)42(41(29-33)32(5)6)49(47,48)46(37-22-16-34(17-23-37)43(7,8)9,38-24-18-35(19-25-38)44(10,11)12)39-26-20-36(21-27-39)45(13,14)15;1-27(2)24-28(3)25-29(4)26-30(5)31-16-22-36(23-17-31)42(40,41)37(32-12-18-34(19-13-32)38(6,7)8)33-14-20-35(21-15-33)39(9,10)11;1-24(2)27-22-31(25(3)4)33(32(23-27)26(5)6)37(35,36)34(28-16-10-7-11-17-28,29-18-12-8-13-19-29)30-20-14-9-15-21-30/h16-32H,1-15H3;12-23,27-30,37H,24-26H2,1-11H3;7-26H,1-6H3. The van der Waals surface area contributed by atoms with Crippen molar-refractivity contribution in [3.63, 3.8) is 0 Å². The van der Waals surface area contributed by atoms with Gasteiger partial charge in [-0.2, -0.15) is 0 Å². The highest BCUT2D eigenvalue weighted by molar-refractivity contribution is 7.93. The van der Waals surface area contributed by atoms with Crippen LogP contribution in [0.15, 0.2) is 276 Å². The third kappa shape index (κ3) is 22.9. The largest absolute Gasteiger partial charge is 0.223 e. The first-order chi connectivity index (χ1) is 59.4. The zero-order valence-corrected chi connectivity index (χ0v) is 86.4. The first-order valence-electron chi connectivity index (χ1n) is 47.3. The second-order valence-corrected chi connectivity index (χ2v) is 50.5. The summed E-state index contributed by atoms with van der Waals surface area (Å²) in [6, 6.07) is 86.9. The van der Waals surface area contributed by atoms with Crippen LogP contribution in [0.5, 0.6) is 0 Å². The first-order valence-corrected chi connectivity index (χ1v) is 51.9. The average molecular weight is 1780 g/mol. The summed E-state index contributed by atoms with van der Waals surface area (Å²) >= 11 is 0. The molecule has 0 aliphatic heterocycles. The minimum absolute atomic E-state index is 0.00224. The molecule has 0 fully saturated rings. The van der Waals surface area contributed by atoms with Gasteiger partial charge in [-0.25, -0.2) is 25.3 Å². The molecule has 11 aromatic carbocycles. The molecule has 0 bridgehead atoms. The van der Waals surface area contributed by atoms with Gasteiger partial charge >= 0.3 is 0 Å². The summed E-state index contributed by atoms with van der Waals surface area (Å²) in [5.74, 6) is 3.15. The molecule has 686 valence electrons. The van der Waals surface area contributed by atoms with Crippen molar-refractivity contribution in [1.29, 1.82) is 0 Å². The lowest BCUT2D eigenvalue weighted by Crippen LogP contribution is -2.40. The third-order valence-corrected chi connectivity index (χ3v) is 33.3. The molecule has 0 aliphatic rings. The van der Waals surface area contributed by atoms with Gasteiger partial charge in [0.25, 0.3) is 0 Å². The average Bonchev–Trinajstić information content (AvgIpc) is 0.702. The molecule has 3 unspecified atom stereocenters. The Morgan fingerprint density at radius 3 is 0.672 bits per heavy atom. The van der Waals surface area contributed by atoms with E-state index in [1.807, 2.05) is 140 Å². The van der Waals surface area contributed by atoms with E-state index >= 15 is 16.8 Å². The van der Waals surface area contributed by atoms with Crippen LogP contribution in [0.2, 0.25) is 0 Å². The highest BCUT2D eigenvalue weighted by Gasteiger charge is 2.54. The summed E-state index contributed by atoms with van der Waals surface area (Å²) in [7, 11) is -11.9. The van der Waals surface area contributed by atoms with Crippen molar-refractivity contribution in [1.82, 2.24) is 0 Å². The van der Waals surface area contributed by atoms with E-state index in [0.29, 0.717) is 32.4 Å². The number of rotatable bonds is 27. The van der Waals surface area contributed by atoms with E-state index in [4.69, 9.17) is 0 Å². The summed E-state index contributed by atoms with van der Waals surface area (Å²) in [5, 5.41) is -0.772. The Hall–Kier alpha value is -8.73. The normalized spacial score (nSPS) is 13.8. The number of sulfone groups is 3. The molecule has 6 nitrogen and oxygen atoms in total. The lowest BCUT2D eigenvalue weighted by atomic mass is 9.78. The molecule has 0 amide bonds. The van der Waals surface area contributed by atoms with E-state index in [0.717, 1.165) is 85.0 Å². The number of hydrogen-bond acceptors (Lipinski definition) is 6. The fraction of sp³-hybridized carbons (Fsp3) is 0.445. The topological polar surface area (TPSA) is 102 Å². The molecule has 3 atom stereocenters. The molecule has 0 saturated carbocycles. The van der Waals surface area contributed by atoms with Crippen molar-refractivity contribution >= 4 is 29.5 Å². The van der Waals surface area contributed by atoms with Crippen LogP contribution in [-0.2, 0) is 66.1 Å². The summed E-state index contributed by atoms with van der Waals surface area (Å²) in [5.41, 5.74) is 18.9. The van der Waals surface area contributed by atoms with E-state index in [2.05, 4.69) is 343 Å². The van der Waals surface area contributed by atoms with Gasteiger partial charge in [0.1, 0.15) is 5.25 Å². The Kier molecular flexibility index (Phi) is 33.0. The van der Waals surface area contributed by atoms with E-state index in [1.54, 1.807) is 0 Å². The van der Waals surface area contributed by atoms with Crippen LogP contribution in [0.25, 0.3) is 0 Å². The van der Waals surface area contributed by atoms with Crippen LogP contribution in [0.1, 0.15) is 399 Å². The molecular formula is C119H156O6S3. The highest BCUT2D eigenvalue weighted by Crippen LogP contribution is 2.54. The van der Waals surface area contributed by atoms with Crippen molar-refractivity contribution < 1.29 is 25.3 Å². The lowest BCUT2D eigenvalue weighted by molar-refractivity contribution is 0.333. The van der Waals surface area contributed by atoms with E-state index in [1.165, 1.54) is 57.3 Å². The Bertz CT molecular complexity index is 5450. The quantitative estimate of drug-likeness (QED) is 0.0475. The third-order valence-electron chi connectivity index (χ3n) is 26.2. The van der Waals surface area contributed by atoms with Gasteiger partial charge in [-0.05, 0) is 229 Å². The number of hydrogen-bond donors (Lipinski definition) is 0. The van der Waals surface area contributed by atoms with Gasteiger partial charge in [0.2, 0.25) is 0 Å². The van der Waals surface area contributed by atoms with Crippen molar-refractivity contribution in [3.05, 3.63) is 372 Å². The fourth-order valence-electron chi connectivity index (χ4n) is 18.7. The van der Waals surface area contributed by atoms with Crippen LogP contribution >= 0.6 is 0 Å². The molecule has 0 radical (unpaired) electrons. The van der Waals surface area contributed by atoms with Crippen LogP contribution < -0.4 is 0 Å². The Morgan fingerprint density at radius 2 is 0.445 bits per heavy atom. The maximum Gasteiger partial charge on any atom is 0.197 e. The van der Waals surface area contributed by atoms with Crippen LogP contribution in [0, 0.1) is 17.8 Å². The molecular weight excluding hydrogens is 1620 g/mol. The lowest BCUT2D eigenvalue weighted by Gasteiger charge is -2.38. The second-order valence-electron chi connectivity index (χ2n) is 44.4. The molecule has 0 saturated heterocycles. The van der Waals surface area contributed by atoms with Gasteiger partial charge in [0, 0.05) is 0 Å². The van der Waals surface area contributed by atoms with E-state index < -0.39 is 44.3 Å². The summed E-state index contributed by atoms with van der Waals surface area (Å²) in [6.07, 6.45) is 3.61. The maximum absolute atomic E-state index is 16.4. The fourth-order valence-corrected chi connectivity index (χ4v) is 26.2. The number of benzene rings is 11. The molecule has 11 rings (SSSR count). The Labute approximate surface area is 777 Å². The van der Waals surface area contributed by atoms with Crippen LogP contribution in [-0.4, -0.2) is 25.3 Å². The first kappa shape index (κ1) is 103. The van der Waals surface area contributed by atoms with Crippen LogP contribution in [0.4, 0.5) is 0 Å². The monoisotopic (exact) mass is 1780 g/mol. The minimum Gasteiger partial charge on any atom is -0.223 e. The Morgan fingerprint density at radius 1 is 0.227 bits per heavy atom. The van der Waals surface area contributed by atoms with E-state index in [-0.39, 0.29) is 56.7 Å². The molecule has 9 heteroatoms. The maximum atomic E-state index is 16.4. The van der Waals surface area contributed by atoms with Gasteiger partial charge in [0.05, 0.1) is 14.7 Å². The zero-order valence-electron chi connectivity index (χ0n) is 84.0. The molecule has 0 aliphatic carbocycles. The molecule has 0 N–H and O–H groups in total. The van der Waals surface area contributed by atoms with Gasteiger partial charge in [0.15, 0.2) is 39.0 Å².